The second-order valence-corrected chi connectivity index (χ2v) is 6.31. The molecule has 1 amide bonds. The molecule has 5 nitrogen and oxygen atoms in total. The summed E-state index contributed by atoms with van der Waals surface area (Å²) in [4.78, 5) is 12.1. The summed E-state index contributed by atoms with van der Waals surface area (Å²) in [6.45, 7) is 1.13. The van der Waals surface area contributed by atoms with E-state index in [1.54, 1.807) is 30.5 Å². The van der Waals surface area contributed by atoms with Crippen LogP contribution in [0.2, 0.25) is 5.02 Å². The summed E-state index contributed by atoms with van der Waals surface area (Å²) in [5.41, 5.74) is 1.70. The van der Waals surface area contributed by atoms with Gasteiger partial charge in [0.25, 0.3) is 0 Å². The minimum atomic E-state index is -0.113. The molecule has 27 heavy (non-hydrogen) atoms. The first kappa shape index (κ1) is 19.0. The minimum Gasteiger partial charge on any atom is -0.493 e. The Morgan fingerprint density at radius 3 is 2.67 bits per heavy atom. The highest BCUT2D eigenvalue weighted by Gasteiger charge is 2.05. The van der Waals surface area contributed by atoms with Crippen molar-refractivity contribution in [2.24, 2.45) is 0 Å². The highest BCUT2D eigenvalue weighted by atomic mass is 35.5. The van der Waals surface area contributed by atoms with E-state index in [4.69, 9.17) is 25.5 Å². The molecule has 0 bridgehead atoms. The number of hydrogen-bond acceptors (Lipinski definition) is 4. The van der Waals surface area contributed by atoms with Gasteiger partial charge in [0.2, 0.25) is 5.91 Å². The maximum absolute atomic E-state index is 12.1. The van der Waals surface area contributed by atoms with Crippen molar-refractivity contribution in [2.45, 2.75) is 19.6 Å². The van der Waals surface area contributed by atoms with Crippen LogP contribution in [0.3, 0.4) is 0 Å². The summed E-state index contributed by atoms with van der Waals surface area (Å²) in [6.07, 6.45) is 1.87. The van der Waals surface area contributed by atoms with Gasteiger partial charge in [0.1, 0.15) is 18.1 Å². The average Bonchev–Trinajstić information content (AvgIpc) is 3.17. The molecule has 3 rings (SSSR count). The first-order chi connectivity index (χ1) is 13.2. The van der Waals surface area contributed by atoms with Gasteiger partial charge in [-0.3, -0.25) is 4.79 Å². The highest BCUT2D eigenvalue weighted by molar-refractivity contribution is 6.30. The lowest BCUT2D eigenvalue weighted by atomic mass is 10.2. The molecule has 0 aliphatic heterocycles. The number of amides is 1. The Balaban J connectivity index is 1.41. The summed E-state index contributed by atoms with van der Waals surface area (Å²) in [5.74, 6) is 1.35. The van der Waals surface area contributed by atoms with Gasteiger partial charge >= 0.3 is 0 Å². The van der Waals surface area contributed by atoms with Crippen molar-refractivity contribution < 1.29 is 18.7 Å². The Labute approximate surface area is 162 Å². The van der Waals surface area contributed by atoms with Gasteiger partial charge in [0.05, 0.1) is 25.9 Å². The summed E-state index contributed by atoms with van der Waals surface area (Å²) < 4.78 is 16.4. The topological polar surface area (TPSA) is 60.7 Å². The fourth-order valence-electron chi connectivity index (χ4n) is 2.42. The lowest BCUT2D eigenvalue weighted by Gasteiger charge is -2.09. The van der Waals surface area contributed by atoms with Crippen LogP contribution in [0.25, 0.3) is 0 Å². The van der Waals surface area contributed by atoms with Crippen molar-refractivity contribution in [1.82, 2.24) is 0 Å². The van der Waals surface area contributed by atoms with Crippen molar-refractivity contribution in [3.8, 4) is 5.75 Å². The van der Waals surface area contributed by atoms with Gasteiger partial charge in [-0.2, -0.15) is 0 Å². The van der Waals surface area contributed by atoms with E-state index in [9.17, 15) is 4.79 Å². The summed E-state index contributed by atoms with van der Waals surface area (Å²) in [7, 11) is 0. The van der Waals surface area contributed by atoms with Gasteiger partial charge in [-0.25, -0.2) is 0 Å². The van der Waals surface area contributed by atoms with E-state index in [1.807, 2.05) is 36.4 Å². The van der Waals surface area contributed by atoms with Gasteiger partial charge < -0.3 is 19.2 Å². The van der Waals surface area contributed by atoms with E-state index in [-0.39, 0.29) is 12.3 Å². The Bertz CT molecular complexity index is 847. The lowest BCUT2D eigenvalue weighted by molar-refractivity contribution is -0.116. The molecule has 0 saturated carbocycles. The van der Waals surface area contributed by atoms with Crippen molar-refractivity contribution in [1.29, 1.82) is 0 Å². The van der Waals surface area contributed by atoms with E-state index >= 15 is 0 Å². The number of carbonyl (C=O) groups is 1. The Kier molecular flexibility index (Phi) is 6.90. The molecule has 0 fully saturated rings. The number of furan rings is 1. The molecular weight excluding hydrogens is 366 g/mol. The summed E-state index contributed by atoms with van der Waals surface area (Å²) in [6, 6.07) is 18.3. The zero-order chi connectivity index (χ0) is 18.9. The number of ether oxygens (including phenoxy) is 2. The molecule has 3 aromatic rings. The SMILES string of the molecule is O=C(CCOc1ccc(Cl)cc1)Nc1cccc(COCc2ccco2)c1. The number of carbonyl (C=O) groups excluding carboxylic acids is 1. The molecule has 140 valence electrons. The van der Waals surface area contributed by atoms with Crippen LogP contribution in [-0.2, 0) is 22.7 Å². The standard InChI is InChI=1S/C21H20ClNO4/c22-17-6-8-19(9-7-17)27-12-10-21(24)23-18-4-1-3-16(13-18)14-25-15-20-5-2-11-26-20/h1-9,11,13H,10,12,14-15H2,(H,23,24). The number of anilines is 1. The smallest absolute Gasteiger partial charge is 0.227 e. The molecule has 1 aromatic heterocycles. The fraction of sp³-hybridized carbons (Fsp3) is 0.190. The third-order valence-corrected chi connectivity index (χ3v) is 3.97. The normalized spacial score (nSPS) is 10.6. The molecular formula is C21H20ClNO4. The third-order valence-electron chi connectivity index (χ3n) is 3.72. The van der Waals surface area contributed by atoms with Crippen LogP contribution in [0.4, 0.5) is 5.69 Å². The molecule has 1 heterocycles. The quantitative estimate of drug-likeness (QED) is 0.559. The minimum absolute atomic E-state index is 0.113. The highest BCUT2D eigenvalue weighted by Crippen LogP contribution is 2.16. The Morgan fingerprint density at radius 2 is 1.89 bits per heavy atom. The van der Waals surface area contributed by atoms with Crippen molar-refractivity contribution in [2.75, 3.05) is 11.9 Å². The van der Waals surface area contributed by atoms with Crippen LogP contribution >= 0.6 is 11.6 Å². The monoisotopic (exact) mass is 385 g/mol. The van der Waals surface area contributed by atoms with Gasteiger partial charge in [-0.15, -0.1) is 0 Å². The second kappa shape index (κ2) is 9.80. The molecule has 0 saturated heterocycles. The van der Waals surface area contributed by atoms with E-state index in [1.165, 1.54) is 0 Å². The zero-order valence-electron chi connectivity index (χ0n) is 14.7. The molecule has 0 atom stereocenters. The maximum atomic E-state index is 12.1. The van der Waals surface area contributed by atoms with E-state index in [2.05, 4.69) is 5.32 Å². The predicted molar refractivity (Wildman–Crippen MR) is 104 cm³/mol. The molecule has 1 N–H and O–H groups in total. The van der Waals surface area contributed by atoms with E-state index < -0.39 is 0 Å². The fourth-order valence-corrected chi connectivity index (χ4v) is 2.54. The predicted octanol–water partition coefficient (Wildman–Crippen LogP) is 5.06. The number of halogens is 1. The Morgan fingerprint density at radius 1 is 1.04 bits per heavy atom. The maximum Gasteiger partial charge on any atom is 0.227 e. The van der Waals surface area contributed by atoms with Gasteiger partial charge in [-0.1, -0.05) is 23.7 Å². The number of nitrogens with one attached hydrogen (secondary N) is 1. The number of benzene rings is 2. The second-order valence-electron chi connectivity index (χ2n) is 5.87. The van der Waals surface area contributed by atoms with Gasteiger partial charge in [0.15, 0.2) is 0 Å². The lowest BCUT2D eigenvalue weighted by Crippen LogP contribution is -2.15. The zero-order valence-corrected chi connectivity index (χ0v) is 15.4. The number of hydrogen-bond donors (Lipinski definition) is 1. The summed E-state index contributed by atoms with van der Waals surface area (Å²) >= 11 is 5.82. The van der Waals surface area contributed by atoms with Crippen LogP contribution in [0.5, 0.6) is 5.75 Å². The van der Waals surface area contributed by atoms with Crippen LogP contribution in [0, 0.1) is 0 Å². The average molecular weight is 386 g/mol. The van der Waals surface area contributed by atoms with Crippen LogP contribution in [-0.4, -0.2) is 12.5 Å². The Hall–Kier alpha value is -2.76. The first-order valence-electron chi connectivity index (χ1n) is 8.56. The molecule has 0 radical (unpaired) electrons. The summed E-state index contributed by atoms with van der Waals surface area (Å²) in [5, 5.41) is 3.51. The molecule has 0 aliphatic rings. The molecule has 2 aromatic carbocycles. The molecule has 0 aliphatic carbocycles. The van der Waals surface area contributed by atoms with Crippen LogP contribution < -0.4 is 10.1 Å². The largest absolute Gasteiger partial charge is 0.493 e. The van der Waals surface area contributed by atoms with E-state index in [0.717, 1.165) is 17.0 Å². The molecule has 0 unspecified atom stereocenters. The van der Waals surface area contributed by atoms with Crippen LogP contribution in [0.1, 0.15) is 17.7 Å². The van der Waals surface area contributed by atoms with Crippen molar-refractivity contribution in [3.63, 3.8) is 0 Å². The number of rotatable bonds is 9. The third kappa shape index (κ3) is 6.47. The van der Waals surface area contributed by atoms with Gasteiger partial charge in [-0.05, 0) is 54.1 Å². The van der Waals surface area contributed by atoms with E-state index in [0.29, 0.717) is 30.6 Å². The molecule has 6 heteroatoms. The first-order valence-corrected chi connectivity index (χ1v) is 8.94. The molecule has 0 spiro atoms. The van der Waals surface area contributed by atoms with Gasteiger partial charge in [0, 0.05) is 10.7 Å². The van der Waals surface area contributed by atoms with Crippen LogP contribution in [0.15, 0.2) is 71.3 Å². The van der Waals surface area contributed by atoms with Crippen molar-refractivity contribution in [3.05, 3.63) is 83.3 Å². The van der Waals surface area contributed by atoms with Crippen molar-refractivity contribution >= 4 is 23.2 Å².